The summed E-state index contributed by atoms with van der Waals surface area (Å²) in [5.41, 5.74) is 5.58. The standard InChI is InChI=1S/C26H38NOP/c1-5-7-9-21-11-15-23(16-12-21)25-19-20-26(29(25,28)27(3)4)24-17-13-22(14-18-24)10-8-6-2/h11-18,25-26H,5-10,19-20H2,1-4H3/t25-,26+,29?. The minimum atomic E-state index is -2.55. The van der Waals surface area contributed by atoms with Gasteiger partial charge in [-0.3, -0.25) is 4.67 Å². The number of rotatable bonds is 9. The van der Waals surface area contributed by atoms with Gasteiger partial charge in [0.2, 0.25) is 0 Å². The Morgan fingerprint density at radius 2 is 1.14 bits per heavy atom. The molecular formula is C26H38NOP. The second kappa shape index (κ2) is 10.1. The number of aryl methyl sites for hydroxylation is 2. The third-order valence-electron chi connectivity index (χ3n) is 6.60. The molecule has 0 radical (unpaired) electrons. The van der Waals surface area contributed by atoms with Gasteiger partial charge in [-0.15, -0.1) is 0 Å². The molecule has 0 amide bonds. The van der Waals surface area contributed by atoms with Crippen molar-refractivity contribution in [2.45, 2.75) is 76.5 Å². The molecule has 3 atom stereocenters. The molecule has 0 aliphatic carbocycles. The Labute approximate surface area is 178 Å². The maximum absolute atomic E-state index is 14.4. The fourth-order valence-electron chi connectivity index (χ4n) is 4.80. The SMILES string of the molecule is CCCCc1ccc([C@H]2CC[C@@H](c3ccc(CCCC)cc3)P2(=O)N(C)C)cc1. The Hall–Kier alpha value is -1.37. The third-order valence-corrected chi connectivity index (χ3v) is 10.7. The molecule has 1 fully saturated rings. The molecule has 29 heavy (non-hydrogen) atoms. The van der Waals surface area contributed by atoms with Gasteiger partial charge in [-0.25, -0.2) is 0 Å². The lowest BCUT2D eigenvalue weighted by Crippen LogP contribution is -2.15. The number of hydrogen-bond acceptors (Lipinski definition) is 1. The molecule has 1 heterocycles. The molecule has 1 aliphatic heterocycles. The van der Waals surface area contributed by atoms with Crippen molar-refractivity contribution in [3.05, 3.63) is 70.8 Å². The summed E-state index contributed by atoms with van der Waals surface area (Å²) in [6.45, 7) is 4.47. The normalized spacial score (nSPS) is 24.3. The maximum Gasteiger partial charge on any atom is 0.164 e. The smallest absolute Gasteiger partial charge is 0.164 e. The summed E-state index contributed by atoms with van der Waals surface area (Å²) in [5, 5.41) is 0. The predicted molar refractivity (Wildman–Crippen MR) is 126 cm³/mol. The second-order valence-corrected chi connectivity index (χ2v) is 12.2. The minimum Gasteiger partial charge on any atom is -0.305 e. The van der Waals surface area contributed by atoms with Crippen molar-refractivity contribution in [3.8, 4) is 0 Å². The van der Waals surface area contributed by atoms with Gasteiger partial charge in [0.05, 0.1) is 11.3 Å². The van der Waals surface area contributed by atoms with Gasteiger partial charge in [0.25, 0.3) is 0 Å². The van der Waals surface area contributed by atoms with Crippen LogP contribution in [0.5, 0.6) is 0 Å². The van der Waals surface area contributed by atoms with Crippen LogP contribution in [0.1, 0.15) is 85.9 Å². The van der Waals surface area contributed by atoms with Crippen LogP contribution in [0.3, 0.4) is 0 Å². The highest BCUT2D eigenvalue weighted by Gasteiger charge is 2.49. The largest absolute Gasteiger partial charge is 0.305 e. The van der Waals surface area contributed by atoms with Gasteiger partial charge in [0.1, 0.15) is 0 Å². The monoisotopic (exact) mass is 411 g/mol. The van der Waals surface area contributed by atoms with E-state index in [1.807, 2.05) is 18.8 Å². The first-order valence-corrected chi connectivity index (χ1v) is 13.2. The highest BCUT2D eigenvalue weighted by molar-refractivity contribution is 7.62. The first-order chi connectivity index (χ1) is 14.0. The molecule has 0 spiro atoms. The summed E-state index contributed by atoms with van der Waals surface area (Å²) in [6.07, 6.45) is 9.19. The molecule has 0 aromatic heterocycles. The Balaban J connectivity index is 1.83. The fraction of sp³-hybridized carbons (Fsp3) is 0.538. The third kappa shape index (κ3) is 4.86. The van der Waals surface area contributed by atoms with Crippen LogP contribution in [0.2, 0.25) is 0 Å². The highest BCUT2D eigenvalue weighted by Crippen LogP contribution is 2.77. The quantitative estimate of drug-likeness (QED) is 0.393. The Morgan fingerprint density at radius 3 is 1.45 bits per heavy atom. The molecule has 2 aromatic rings. The van der Waals surface area contributed by atoms with Crippen LogP contribution in [0.15, 0.2) is 48.5 Å². The van der Waals surface area contributed by atoms with Crippen LogP contribution in [0.4, 0.5) is 0 Å². The van der Waals surface area contributed by atoms with E-state index in [0.717, 1.165) is 25.7 Å². The summed E-state index contributed by atoms with van der Waals surface area (Å²) < 4.78 is 16.5. The maximum atomic E-state index is 14.4. The van der Waals surface area contributed by atoms with Crippen molar-refractivity contribution >= 4 is 7.29 Å². The van der Waals surface area contributed by atoms with E-state index in [1.54, 1.807) is 0 Å². The van der Waals surface area contributed by atoms with Gasteiger partial charge in [0, 0.05) is 0 Å². The van der Waals surface area contributed by atoms with Crippen molar-refractivity contribution in [1.29, 1.82) is 0 Å². The summed E-state index contributed by atoms with van der Waals surface area (Å²) in [5.74, 6) is 0. The van der Waals surface area contributed by atoms with Crippen LogP contribution in [0, 0.1) is 0 Å². The van der Waals surface area contributed by atoms with E-state index >= 15 is 0 Å². The van der Waals surface area contributed by atoms with E-state index in [1.165, 1.54) is 47.9 Å². The summed E-state index contributed by atoms with van der Waals surface area (Å²) in [4.78, 5) is 0. The molecule has 1 unspecified atom stereocenters. The number of unbranched alkanes of at least 4 members (excludes halogenated alkanes) is 2. The lowest BCUT2D eigenvalue weighted by molar-refractivity contribution is 0.502. The van der Waals surface area contributed by atoms with Crippen LogP contribution < -0.4 is 0 Å². The van der Waals surface area contributed by atoms with Gasteiger partial charge in [-0.2, -0.15) is 0 Å². The van der Waals surface area contributed by atoms with E-state index in [0.29, 0.717) is 0 Å². The van der Waals surface area contributed by atoms with E-state index < -0.39 is 7.29 Å². The molecule has 2 nitrogen and oxygen atoms in total. The number of nitrogens with zero attached hydrogens (tertiary/aromatic N) is 1. The number of benzene rings is 2. The zero-order valence-corrected chi connectivity index (χ0v) is 19.6. The van der Waals surface area contributed by atoms with E-state index in [4.69, 9.17) is 0 Å². The van der Waals surface area contributed by atoms with Crippen LogP contribution in [-0.2, 0) is 17.4 Å². The Morgan fingerprint density at radius 1 is 0.759 bits per heavy atom. The van der Waals surface area contributed by atoms with Gasteiger partial charge in [0.15, 0.2) is 7.29 Å². The predicted octanol–water partition coefficient (Wildman–Crippen LogP) is 7.79. The first kappa shape index (κ1) is 22.3. The van der Waals surface area contributed by atoms with Crippen molar-refractivity contribution in [3.63, 3.8) is 0 Å². The van der Waals surface area contributed by atoms with Crippen molar-refractivity contribution in [1.82, 2.24) is 4.67 Å². The second-order valence-electron chi connectivity index (χ2n) is 8.82. The van der Waals surface area contributed by atoms with Gasteiger partial charge in [-0.1, -0.05) is 75.2 Å². The van der Waals surface area contributed by atoms with Crippen molar-refractivity contribution in [2.24, 2.45) is 0 Å². The van der Waals surface area contributed by atoms with Gasteiger partial charge < -0.3 is 4.57 Å². The lowest BCUT2D eigenvalue weighted by Gasteiger charge is -2.32. The zero-order valence-electron chi connectivity index (χ0n) is 18.7. The molecule has 1 aliphatic rings. The molecule has 0 saturated carbocycles. The van der Waals surface area contributed by atoms with Crippen LogP contribution in [0.25, 0.3) is 0 Å². The molecular weight excluding hydrogens is 373 g/mol. The Kier molecular flexibility index (Phi) is 7.77. The van der Waals surface area contributed by atoms with E-state index in [-0.39, 0.29) is 11.3 Å². The zero-order chi connectivity index (χ0) is 20.9. The average molecular weight is 412 g/mol. The van der Waals surface area contributed by atoms with E-state index in [9.17, 15) is 4.57 Å². The van der Waals surface area contributed by atoms with Crippen LogP contribution in [-0.4, -0.2) is 18.8 Å². The average Bonchev–Trinajstić information content (AvgIpc) is 3.10. The molecule has 0 N–H and O–H groups in total. The summed E-state index contributed by atoms with van der Waals surface area (Å²) >= 11 is 0. The molecule has 2 aromatic carbocycles. The van der Waals surface area contributed by atoms with Crippen molar-refractivity contribution < 1.29 is 4.57 Å². The van der Waals surface area contributed by atoms with Gasteiger partial charge in [-0.05, 0) is 74.9 Å². The van der Waals surface area contributed by atoms with Crippen molar-refractivity contribution in [2.75, 3.05) is 14.1 Å². The number of hydrogen-bond donors (Lipinski definition) is 0. The Bertz CT molecular complexity index is 746. The van der Waals surface area contributed by atoms with E-state index in [2.05, 4.69) is 62.4 Å². The fourth-order valence-corrected chi connectivity index (χ4v) is 8.58. The van der Waals surface area contributed by atoms with Crippen LogP contribution >= 0.6 is 7.29 Å². The first-order valence-electron chi connectivity index (χ1n) is 11.5. The van der Waals surface area contributed by atoms with Gasteiger partial charge >= 0.3 is 0 Å². The summed E-state index contributed by atoms with van der Waals surface area (Å²) in [7, 11) is 1.48. The molecule has 0 bridgehead atoms. The lowest BCUT2D eigenvalue weighted by atomic mass is 10.0. The minimum absolute atomic E-state index is 0.141. The molecule has 158 valence electrons. The molecule has 3 heteroatoms. The highest BCUT2D eigenvalue weighted by atomic mass is 31.2. The summed E-state index contributed by atoms with van der Waals surface area (Å²) in [6, 6.07) is 18.0. The topological polar surface area (TPSA) is 20.3 Å². The molecule has 1 saturated heterocycles. The molecule has 3 rings (SSSR count).